The topological polar surface area (TPSA) is 65.1 Å². The average Bonchev–Trinajstić information content (AvgIpc) is 2.37. The molecule has 1 heterocycles. The van der Waals surface area contributed by atoms with Crippen molar-refractivity contribution in [2.75, 3.05) is 26.6 Å². The van der Waals surface area contributed by atoms with Crippen molar-refractivity contribution < 1.29 is 23.8 Å². The van der Waals surface area contributed by atoms with Crippen LogP contribution in [0.5, 0.6) is 0 Å². The van der Waals surface area contributed by atoms with E-state index in [1.807, 2.05) is 18.7 Å². The second kappa shape index (κ2) is 7.04. The van der Waals surface area contributed by atoms with Crippen LogP contribution in [0.4, 0.5) is 0 Å². The van der Waals surface area contributed by atoms with Crippen molar-refractivity contribution in [2.24, 2.45) is 5.41 Å². The van der Waals surface area contributed by atoms with Gasteiger partial charge in [0.05, 0.1) is 18.6 Å². The van der Waals surface area contributed by atoms with Crippen molar-refractivity contribution in [2.45, 2.75) is 46.7 Å². The lowest BCUT2D eigenvalue weighted by Crippen LogP contribution is -2.53. The molecule has 6 heteroatoms. The lowest BCUT2D eigenvalue weighted by atomic mass is 9.98. The molecule has 116 valence electrons. The van der Waals surface area contributed by atoms with Crippen LogP contribution < -0.4 is 0 Å². The van der Waals surface area contributed by atoms with Crippen molar-refractivity contribution in [1.29, 1.82) is 0 Å². The van der Waals surface area contributed by atoms with Crippen molar-refractivity contribution in [3.8, 4) is 0 Å². The minimum absolute atomic E-state index is 0.230. The van der Waals surface area contributed by atoms with Gasteiger partial charge in [-0.15, -0.1) is 0 Å². The summed E-state index contributed by atoms with van der Waals surface area (Å²) in [6, 6.07) is -0.203. The summed E-state index contributed by atoms with van der Waals surface area (Å²) in [5, 5.41) is 0. The predicted molar refractivity (Wildman–Crippen MR) is 73.0 cm³/mol. The van der Waals surface area contributed by atoms with E-state index in [0.29, 0.717) is 19.8 Å². The summed E-state index contributed by atoms with van der Waals surface area (Å²) in [7, 11) is 0. The Bertz CT molecular complexity index is 348. The zero-order valence-corrected chi connectivity index (χ0v) is 13.0. The lowest BCUT2D eigenvalue weighted by molar-refractivity contribution is -0.179. The molecule has 0 aromatic rings. The molecule has 1 aliphatic rings. The summed E-state index contributed by atoms with van der Waals surface area (Å²) in [5.74, 6) is -0.814. The first-order chi connectivity index (χ1) is 9.23. The van der Waals surface area contributed by atoms with Gasteiger partial charge in [-0.2, -0.15) is 0 Å². The molecule has 1 atom stereocenters. The van der Waals surface area contributed by atoms with E-state index < -0.39 is 23.4 Å². The number of esters is 2. The van der Waals surface area contributed by atoms with Crippen LogP contribution >= 0.6 is 0 Å². The number of ether oxygens (including phenoxy) is 3. The van der Waals surface area contributed by atoms with Crippen LogP contribution in [0.15, 0.2) is 0 Å². The number of morpholine rings is 1. The highest BCUT2D eigenvalue weighted by atomic mass is 16.7. The number of carbonyl (C=O) groups excluding carboxylic acids is 2. The number of nitrogens with zero attached hydrogens (tertiary/aromatic N) is 1. The molecule has 0 bridgehead atoms. The van der Waals surface area contributed by atoms with Gasteiger partial charge in [-0.3, -0.25) is 14.5 Å². The molecule has 0 aliphatic carbocycles. The zero-order valence-electron chi connectivity index (χ0n) is 13.0. The van der Waals surface area contributed by atoms with Gasteiger partial charge < -0.3 is 14.2 Å². The predicted octanol–water partition coefficient (Wildman–Crippen LogP) is 1.19. The number of hydrogen-bond donors (Lipinski definition) is 0. The van der Waals surface area contributed by atoms with Gasteiger partial charge in [0.25, 0.3) is 0 Å². The Morgan fingerprint density at radius 3 is 2.50 bits per heavy atom. The Labute approximate surface area is 120 Å². The van der Waals surface area contributed by atoms with Crippen molar-refractivity contribution in [3.05, 3.63) is 0 Å². The van der Waals surface area contributed by atoms with E-state index in [2.05, 4.69) is 0 Å². The largest absolute Gasteiger partial charge is 0.427 e. The molecule has 0 saturated carbocycles. The van der Waals surface area contributed by atoms with E-state index in [4.69, 9.17) is 14.2 Å². The van der Waals surface area contributed by atoms with Gasteiger partial charge in [-0.05, 0) is 34.6 Å². The van der Waals surface area contributed by atoms with Gasteiger partial charge in [-0.1, -0.05) is 0 Å². The molecule has 0 N–H and O–H groups in total. The SMILES string of the molecule is CC(C)N1CCOCC1C(=O)OCOC(=O)C(C)(C)C. The molecule has 1 aliphatic heterocycles. The highest BCUT2D eigenvalue weighted by Gasteiger charge is 2.32. The molecule has 6 nitrogen and oxygen atoms in total. The van der Waals surface area contributed by atoms with Gasteiger partial charge in [-0.25, -0.2) is 0 Å². The molecular formula is C14H25NO5. The van der Waals surface area contributed by atoms with Gasteiger partial charge in [0.2, 0.25) is 6.79 Å². The molecule has 0 radical (unpaired) electrons. The molecule has 1 fully saturated rings. The molecule has 0 amide bonds. The smallest absolute Gasteiger partial charge is 0.328 e. The summed E-state index contributed by atoms with van der Waals surface area (Å²) >= 11 is 0. The second-order valence-electron chi connectivity index (χ2n) is 6.19. The second-order valence-corrected chi connectivity index (χ2v) is 6.19. The highest BCUT2D eigenvalue weighted by Crippen LogP contribution is 2.16. The maximum Gasteiger partial charge on any atom is 0.328 e. The van der Waals surface area contributed by atoms with Crippen LogP contribution in [0, 0.1) is 5.41 Å². The monoisotopic (exact) mass is 287 g/mol. The normalized spacial score (nSPS) is 20.8. The molecule has 20 heavy (non-hydrogen) atoms. The maximum atomic E-state index is 12.0. The zero-order chi connectivity index (χ0) is 15.3. The maximum absolute atomic E-state index is 12.0. The quantitative estimate of drug-likeness (QED) is 0.571. The van der Waals surface area contributed by atoms with Gasteiger partial charge in [0.15, 0.2) is 0 Å². The summed E-state index contributed by atoms with van der Waals surface area (Å²) in [6.07, 6.45) is 0. The van der Waals surface area contributed by atoms with Crippen LogP contribution in [0.1, 0.15) is 34.6 Å². The van der Waals surface area contributed by atoms with Crippen LogP contribution in [0.2, 0.25) is 0 Å². The lowest BCUT2D eigenvalue weighted by Gasteiger charge is -2.36. The first kappa shape index (κ1) is 16.9. The first-order valence-electron chi connectivity index (χ1n) is 6.91. The van der Waals surface area contributed by atoms with E-state index in [1.165, 1.54) is 0 Å². The van der Waals surface area contributed by atoms with Gasteiger partial charge in [0, 0.05) is 12.6 Å². The Hall–Kier alpha value is -1.14. The fourth-order valence-electron chi connectivity index (χ4n) is 1.89. The number of carbonyl (C=O) groups is 2. The summed E-state index contributed by atoms with van der Waals surface area (Å²) in [4.78, 5) is 25.6. The minimum Gasteiger partial charge on any atom is -0.427 e. The molecule has 1 rings (SSSR count). The minimum atomic E-state index is -0.607. The highest BCUT2D eigenvalue weighted by molar-refractivity contribution is 5.77. The number of rotatable bonds is 4. The third-order valence-corrected chi connectivity index (χ3v) is 3.11. The molecule has 1 unspecified atom stereocenters. The molecule has 0 aromatic heterocycles. The third-order valence-electron chi connectivity index (χ3n) is 3.11. The van der Waals surface area contributed by atoms with Gasteiger partial charge >= 0.3 is 11.9 Å². The molecule has 0 aromatic carbocycles. The Kier molecular flexibility index (Phi) is 5.95. The van der Waals surface area contributed by atoms with Crippen molar-refractivity contribution in [1.82, 2.24) is 4.90 Å². The number of hydrogen-bond acceptors (Lipinski definition) is 6. The first-order valence-corrected chi connectivity index (χ1v) is 6.91. The Balaban J connectivity index is 2.43. The third kappa shape index (κ3) is 4.76. The molecular weight excluding hydrogens is 262 g/mol. The van der Waals surface area contributed by atoms with Crippen molar-refractivity contribution in [3.63, 3.8) is 0 Å². The molecule has 1 saturated heterocycles. The summed E-state index contributed by atoms with van der Waals surface area (Å²) in [6.45, 7) is 10.5. The van der Waals surface area contributed by atoms with Crippen LogP contribution in [0.25, 0.3) is 0 Å². The van der Waals surface area contributed by atoms with E-state index >= 15 is 0 Å². The van der Waals surface area contributed by atoms with E-state index in [9.17, 15) is 9.59 Å². The molecule has 0 spiro atoms. The fourth-order valence-corrected chi connectivity index (χ4v) is 1.89. The summed E-state index contributed by atoms with van der Waals surface area (Å²) in [5.41, 5.74) is -0.607. The van der Waals surface area contributed by atoms with Crippen molar-refractivity contribution >= 4 is 11.9 Å². The average molecular weight is 287 g/mol. The van der Waals surface area contributed by atoms with Crippen LogP contribution in [-0.2, 0) is 23.8 Å². The van der Waals surface area contributed by atoms with E-state index in [-0.39, 0.29) is 12.8 Å². The Morgan fingerprint density at radius 1 is 1.30 bits per heavy atom. The van der Waals surface area contributed by atoms with Crippen LogP contribution in [-0.4, -0.2) is 55.5 Å². The van der Waals surface area contributed by atoms with E-state index in [0.717, 1.165) is 0 Å². The summed E-state index contributed by atoms with van der Waals surface area (Å²) < 4.78 is 15.3. The van der Waals surface area contributed by atoms with Crippen LogP contribution in [0.3, 0.4) is 0 Å². The fraction of sp³-hybridized carbons (Fsp3) is 0.857. The van der Waals surface area contributed by atoms with E-state index in [1.54, 1.807) is 20.8 Å². The van der Waals surface area contributed by atoms with Gasteiger partial charge in [0.1, 0.15) is 6.04 Å². The standard InChI is InChI=1S/C14H25NO5/c1-10(2)15-6-7-18-8-11(15)12(16)19-9-20-13(17)14(3,4)5/h10-11H,6-9H2,1-5H3. The Morgan fingerprint density at radius 2 is 1.95 bits per heavy atom.